The lowest BCUT2D eigenvalue weighted by molar-refractivity contribution is 0.0607. The van der Waals surface area contributed by atoms with Gasteiger partial charge in [-0.15, -0.1) is 11.3 Å². The third kappa shape index (κ3) is 2.95. The zero-order valence-corrected chi connectivity index (χ0v) is 13.5. The maximum atomic E-state index is 12.3. The minimum absolute atomic E-state index is 0.0181. The number of rotatable bonds is 4. The molecule has 6 nitrogen and oxygen atoms in total. The van der Waals surface area contributed by atoms with Gasteiger partial charge in [-0.1, -0.05) is 22.9 Å². The molecule has 108 valence electrons. The molecule has 10 heteroatoms. The van der Waals surface area contributed by atoms with Gasteiger partial charge in [0.2, 0.25) is 0 Å². The van der Waals surface area contributed by atoms with Gasteiger partial charge in [-0.05, 0) is 18.4 Å². The molecule has 1 N–H and O–H groups in total. The van der Waals surface area contributed by atoms with E-state index in [4.69, 9.17) is 11.6 Å². The molecule has 0 atom stereocenters. The number of hydrogen-bond acceptors (Lipinski definition) is 7. The second-order valence-electron chi connectivity index (χ2n) is 3.60. The van der Waals surface area contributed by atoms with Gasteiger partial charge in [0.25, 0.3) is 10.0 Å². The lowest BCUT2D eigenvalue weighted by Gasteiger charge is -2.06. The number of hydrogen-bond donors (Lipinski definition) is 1. The Bertz CT molecular complexity index is 750. The normalized spacial score (nSPS) is 11.3. The Labute approximate surface area is 128 Å². The summed E-state index contributed by atoms with van der Waals surface area (Å²) < 4.78 is 31.6. The molecule has 2 rings (SSSR count). The maximum absolute atomic E-state index is 12.3. The van der Waals surface area contributed by atoms with E-state index in [-0.39, 0.29) is 19.2 Å². The first-order valence-electron chi connectivity index (χ1n) is 5.16. The zero-order valence-electron chi connectivity index (χ0n) is 10.3. The number of esters is 1. The average Bonchev–Trinajstić information content (AvgIpc) is 2.94. The van der Waals surface area contributed by atoms with Crippen molar-refractivity contribution in [2.75, 3.05) is 11.8 Å². The van der Waals surface area contributed by atoms with Crippen LogP contribution in [-0.4, -0.2) is 26.5 Å². The number of carbonyl (C=O) groups excluding carboxylic acids is 1. The number of halogens is 1. The van der Waals surface area contributed by atoms with Crippen LogP contribution in [0.4, 0.5) is 5.69 Å². The van der Waals surface area contributed by atoms with Crippen molar-refractivity contribution in [3.05, 3.63) is 26.5 Å². The SMILES string of the molecule is COC(=O)c1sccc1NS(=O)(=O)c1sc(Cl)nc1C. The molecule has 0 fully saturated rings. The maximum Gasteiger partial charge on any atom is 0.350 e. The molecule has 0 spiro atoms. The first-order chi connectivity index (χ1) is 9.35. The smallest absolute Gasteiger partial charge is 0.350 e. The first-order valence-corrected chi connectivity index (χ1v) is 8.72. The van der Waals surface area contributed by atoms with E-state index >= 15 is 0 Å². The predicted octanol–water partition coefficient (Wildman–Crippen LogP) is 2.75. The molecule has 0 unspecified atom stereocenters. The highest BCUT2D eigenvalue weighted by Gasteiger charge is 2.24. The summed E-state index contributed by atoms with van der Waals surface area (Å²) in [6, 6.07) is 1.49. The monoisotopic (exact) mass is 352 g/mol. The Hall–Kier alpha value is -1.16. The minimum Gasteiger partial charge on any atom is -0.465 e. The van der Waals surface area contributed by atoms with Crippen LogP contribution in [0.25, 0.3) is 0 Å². The van der Waals surface area contributed by atoms with Gasteiger partial charge >= 0.3 is 5.97 Å². The van der Waals surface area contributed by atoms with Crippen molar-refractivity contribution in [2.24, 2.45) is 0 Å². The molecule has 0 aliphatic rings. The van der Waals surface area contributed by atoms with Gasteiger partial charge in [0.1, 0.15) is 4.88 Å². The summed E-state index contributed by atoms with van der Waals surface area (Å²) >= 11 is 7.64. The van der Waals surface area contributed by atoms with Crippen LogP contribution in [0.1, 0.15) is 15.4 Å². The predicted molar refractivity (Wildman–Crippen MR) is 78.3 cm³/mol. The molecular weight excluding hydrogens is 344 g/mol. The molecular formula is C10H9ClN2O4S3. The fourth-order valence-corrected chi connectivity index (χ4v) is 5.07. The molecule has 0 amide bonds. The van der Waals surface area contributed by atoms with Crippen molar-refractivity contribution in [1.29, 1.82) is 0 Å². The Balaban J connectivity index is 2.37. The summed E-state index contributed by atoms with van der Waals surface area (Å²) in [6.45, 7) is 1.55. The highest BCUT2D eigenvalue weighted by Crippen LogP contribution is 2.30. The number of methoxy groups -OCH3 is 1. The van der Waals surface area contributed by atoms with Gasteiger partial charge in [0.15, 0.2) is 8.68 Å². The second kappa shape index (κ2) is 5.68. The number of ether oxygens (including phenoxy) is 1. The van der Waals surface area contributed by atoms with Gasteiger partial charge in [0, 0.05) is 0 Å². The largest absolute Gasteiger partial charge is 0.465 e. The molecule has 2 aromatic heterocycles. The van der Waals surface area contributed by atoms with Crippen LogP contribution >= 0.6 is 34.3 Å². The van der Waals surface area contributed by atoms with Crippen LogP contribution in [0.3, 0.4) is 0 Å². The first kappa shape index (κ1) is 15.2. The van der Waals surface area contributed by atoms with E-state index < -0.39 is 16.0 Å². The molecule has 0 saturated carbocycles. The quantitative estimate of drug-likeness (QED) is 0.855. The van der Waals surface area contributed by atoms with Crippen LogP contribution in [0, 0.1) is 6.92 Å². The standard InChI is InChI=1S/C10H9ClN2O4S3/c1-5-9(19-10(11)12-5)20(15,16)13-6-3-4-18-7(6)8(14)17-2/h3-4,13H,1-2H3. The zero-order chi connectivity index (χ0) is 14.9. The Morgan fingerprint density at radius 2 is 2.20 bits per heavy atom. The van der Waals surface area contributed by atoms with Crippen molar-refractivity contribution < 1.29 is 17.9 Å². The van der Waals surface area contributed by atoms with Crippen molar-refractivity contribution >= 4 is 56.0 Å². The summed E-state index contributed by atoms with van der Waals surface area (Å²) in [4.78, 5) is 15.6. The summed E-state index contributed by atoms with van der Waals surface area (Å²) in [5.41, 5.74) is 0.480. The number of aromatic nitrogens is 1. The number of sulfonamides is 1. The number of thiophene rings is 1. The molecule has 2 heterocycles. The number of carbonyl (C=O) groups is 1. The van der Waals surface area contributed by atoms with Gasteiger partial charge in [-0.2, -0.15) is 0 Å². The number of nitrogens with zero attached hydrogens (tertiary/aromatic N) is 1. The van der Waals surface area contributed by atoms with Gasteiger partial charge in [-0.3, -0.25) is 4.72 Å². The van der Waals surface area contributed by atoms with Crippen molar-refractivity contribution in [3.8, 4) is 0 Å². The lowest BCUT2D eigenvalue weighted by Crippen LogP contribution is -2.14. The van der Waals surface area contributed by atoms with Gasteiger partial charge in [-0.25, -0.2) is 18.2 Å². The van der Waals surface area contributed by atoms with Crippen LogP contribution in [0.15, 0.2) is 15.7 Å². The van der Waals surface area contributed by atoms with Crippen molar-refractivity contribution in [1.82, 2.24) is 4.98 Å². The number of thiazole rings is 1. The van der Waals surface area contributed by atoms with Gasteiger partial charge in [0.05, 0.1) is 18.5 Å². The fourth-order valence-electron chi connectivity index (χ4n) is 1.43. The fraction of sp³-hybridized carbons (Fsp3) is 0.200. The Morgan fingerprint density at radius 3 is 2.75 bits per heavy atom. The van der Waals surface area contributed by atoms with Crippen LogP contribution in [0.5, 0.6) is 0 Å². The third-order valence-electron chi connectivity index (χ3n) is 2.25. The molecule has 20 heavy (non-hydrogen) atoms. The highest BCUT2D eigenvalue weighted by molar-refractivity contribution is 7.94. The number of aryl methyl sites for hydroxylation is 1. The van der Waals surface area contributed by atoms with E-state index in [9.17, 15) is 13.2 Å². The Kier molecular flexibility index (Phi) is 4.33. The van der Waals surface area contributed by atoms with Crippen molar-refractivity contribution in [2.45, 2.75) is 11.1 Å². The van der Waals surface area contributed by atoms with E-state index in [2.05, 4.69) is 14.4 Å². The summed E-state index contributed by atoms with van der Waals surface area (Å²) in [5, 5.41) is 1.59. The Morgan fingerprint density at radius 1 is 1.50 bits per heavy atom. The average molecular weight is 353 g/mol. The molecule has 0 aromatic carbocycles. The topological polar surface area (TPSA) is 85.4 Å². The molecule has 0 aliphatic heterocycles. The van der Waals surface area contributed by atoms with Crippen LogP contribution in [-0.2, 0) is 14.8 Å². The van der Waals surface area contributed by atoms with E-state index in [0.29, 0.717) is 5.69 Å². The second-order valence-corrected chi connectivity index (χ2v) is 7.98. The number of nitrogens with one attached hydrogen (secondary N) is 1. The molecule has 0 bridgehead atoms. The van der Waals surface area contributed by atoms with Crippen molar-refractivity contribution in [3.63, 3.8) is 0 Å². The van der Waals surface area contributed by atoms with E-state index in [1.807, 2.05) is 0 Å². The molecule has 0 saturated heterocycles. The highest BCUT2D eigenvalue weighted by atomic mass is 35.5. The summed E-state index contributed by atoms with van der Waals surface area (Å²) in [7, 11) is -2.61. The summed E-state index contributed by atoms with van der Waals surface area (Å²) in [5.74, 6) is -0.600. The van der Waals surface area contributed by atoms with E-state index in [1.54, 1.807) is 12.3 Å². The molecule has 0 aliphatic carbocycles. The molecule has 0 radical (unpaired) electrons. The van der Waals surface area contributed by atoms with E-state index in [1.165, 1.54) is 13.2 Å². The third-order valence-corrected chi connectivity index (χ3v) is 6.38. The van der Waals surface area contributed by atoms with E-state index in [0.717, 1.165) is 22.7 Å². The minimum atomic E-state index is -3.84. The van der Waals surface area contributed by atoms with Gasteiger partial charge < -0.3 is 4.74 Å². The van der Waals surface area contributed by atoms with Crippen LogP contribution in [0.2, 0.25) is 4.47 Å². The molecule has 2 aromatic rings. The van der Waals surface area contributed by atoms with Crippen LogP contribution < -0.4 is 4.72 Å². The number of anilines is 1. The summed E-state index contributed by atoms with van der Waals surface area (Å²) in [6.07, 6.45) is 0. The lowest BCUT2D eigenvalue weighted by atomic mass is 10.4.